The van der Waals surface area contributed by atoms with Gasteiger partial charge in [-0.2, -0.15) is 0 Å². The van der Waals surface area contributed by atoms with Crippen LogP contribution < -0.4 is 0 Å². The van der Waals surface area contributed by atoms with Gasteiger partial charge in [-0.15, -0.1) is 0 Å². The van der Waals surface area contributed by atoms with E-state index in [9.17, 15) is 4.39 Å². The Bertz CT molecular complexity index is 286. The average Bonchev–Trinajstić information content (AvgIpc) is 2.26. The van der Waals surface area contributed by atoms with Crippen molar-refractivity contribution in [1.29, 1.82) is 0 Å². The molecule has 0 heterocycles. The van der Waals surface area contributed by atoms with Crippen LogP contribution in [0.3, 0.4) is 0 Å². The normalized spacial score (nSPS) is 14.9. The fourth-order valence-corrected chi connectivity index (χ4v) is 1.14. The molecule has 2 atom stereocenters. The number of ether oxygens (including phenoxy) is 1. The highest BCUT2D eigenvalue weighted by Gasteiger charge is 2.08. The predicted octanol–water partition coefficient (Wildman–Crippen LogP) is 1.26. The number of rotatable bonds is 5. The van der Waals surface area contributed by atoms with Gasteiger partial charge in [0.15, 0.2) is 0 Å². The third kappa shape index (κ3) is 3.95. The van der Waals surface area contributed by atoms with Crippen molar-refractivity contribution in [3.8, 4) is 0 Å². The molecule has 1 aromatic rings. The van der Waals surface area contributed by atoms with Crippen LogP contribution in [-0.2, 0) is 4.74 Å². The molecule has 0 aliphatic carbocycles. The van der Waals surface area contributed by atoms with E-state index < -0.39 is 6.10 Å². The van der Waals surface area contributed by atoms with Crippen LogP contribution in [0.1, 0.15) is 18.6 Å². The van der Waals surface area contributed by atoms with Crippen LogP contribution in [0, 0.1) is 5.82 Å². The van der Waals surface area contributed by atoms with Crippen molar-refractivity contribution in [1.82, 2.24) is 0 Å². The van der Waals surface area contributed by atoms with E-state index in [-0.39, 0.29) is 25.1 Å². The number of hydrogen-bond donors (Lipinski definition) is 2. The molecule has 15 heavy (non-hydrogen) atoms. The van der Waals surface area contributed by atoms with Crippen LogP contribution in [0.15, 0.2) is 24.3 Å². The highest BCUT2D eigenvalue weighted by molar-refractivity contribution is 5.18. The summed E-state index contributed by atoms with van der Waals surface area (Å²) in [5.74, 6) is -0.290. The second-order valence-corrected chi connectivity index (χ2v) is 3.36. The number of aliphatic hydroxyl groups excluding tert-OH is 2. The van der Waals surface area contributed by atoms with Crippen LogP contribution >= 0.6 is 0 Å². The van der Waals surface area contributed by atoms with Crippen LogP contribution in [0.4, 0.5) is 4.39 Å². The van der Waals surface area contributed by atoms with E-state index in [1.807, 2.05) is 0 Å². The molecular weight excluding hydrogens is 199 g/mol. The molecule has 3 nitrogen and oxygen atoms in total. The molecule has 1 unspecified atom stereocenters. The van der Waals surface area contributed by atoms with Gasteiger partial charge >= 0.3 is 0 Å². The van der Waals surface area contributed by atoms with Crippen molar-refractivity contribution >= 4 is 0 Å². The lowest BCUT2D eigenvalue weighted by molar-refractivity contribution is -0.0235. The molecule has 0 saturated heterocycles. The Kier molecular flexibility index (Phi) is 4.68. The zero-order valence-electron chi connectivity index (χ0n) is 8.56. The maximum absolute atomic E-state index is 12.6. The highest BCUT2D eigenvalue weighted by Crippen LogP contribution is 2.16. The highest BCUT2D eigenvalue weighted by atomic mass is 19.1. The fourth-order valence-electron chi connectivity index (χ4n) is 1.14. The fraction of sp³-hybridized carbons (Fsp3) is 0.455. The molecule has 0 spiro atoms. The molecule has 0 bridgehead atoms. The Morgan fingerprint density at radius 1 is 1.33 bits per heavy atom. The Hall–Kier alpha value is -0.970. The SMILES string of the molecule is CC(OC[C@@H](O)CO)c1ccc(F)cc1. The number of benzene rings is 1. The summed E-state index contributed by atoms with van der Waals surface area (Å²) in [5, 5.41) is 17.6. The lowest BCUT2D eigenvalue weighted by Gasteiger charge is -2.15. The number of aliphatic hydroxyl groups is 2. The number of halogens is 1. The maximum atomic E-state index is 12.6. The van der Waals surface area contributed by atoms with Gasteiger partial charge in [-0.05, 0) is 24.6 Å². The second-order valence-electron chi connectivity index (χ2n) is 3.36. The molecule has 0 amide bonds. The van der Waals surface area contributed by atoms with Gasteiger partial charge in [0.05, 0.1) is 19.3 Å². The van der Waals surface area contributed by atoms with Crippen LogP contribution in [-0.4, -0.2) is 29.5 Å². The molecule has 0 aliphatic rings. The van der Waals surface area contributed by atoms with Crippen molar-refractivity contribution in [2.24, 2.45) is 0 Å². The molecule has 0 saturated carbocycles. The van der Waals surface area contributed by atoms with Crippen LogP contribution in [0.5, 0.6) is 0 Å². The second kappa shape index (κ2) is 5.80. The van der Waals surface area contributed by atoms with Gasteiger partial charge in [-0.3, -0.25) is 0 Å². The summed E-state index contributed by atoms with van der Waals surface area (Å²) in [6.45, 7) is 1.54. The smallest absolute Gasteiger partial charge is 0.123 e. The van der Waals surface area contributed by atoms with Gasteiger partial charge in [0, 0.05) is 0 Å². The monoisotopic (exact) mass is 214 g/mol. The zero-order chi connectivity index (χ0) is 11.3. The van der Waals surface area contributed by atoms with Gasteiger partial charge in [-0.1, -0.05) is 12.1 Å². The Balaban J connectivity index is 2.46. The van der Waals surface area contributed by atoms with Crippen molar-refractivity contribution in [3.05, 3.63) is 35.6 Å². The molecule has 0 fully saturated rings. The van der Waals surface area contributed by atoms with E-state index in [0.29, 0.717) is 0 Å². The van der Waals surface area contributed by atoms with Gasteiger partial charge in [-0.25, -0.2) is 4.39 Å². The molecule has 84 valence electrons. The average molecular weight is 214 g/mol. The third-order valence-corrected chi connectivity index (χ3v) is 2.09. The lowest BCUT2D eigenvalue weighted by Crippen LogP contribution is -2.20. The minimum absolute atomic E-state index is 0.0645. The first kappa shape index (κ1) is 12.1. The predicted molar refractivity (Wildman–Crippen MR) is 53.9 cm³/mol. The van der Waals surface area contributed by atoms with E-state index in [1.54, 1.807) is 19.1 Å². The molecule has 2 N–H and O–H groups in total. The Morgan fingerprint density at radius 2 is 1.93 bits per heavy atom. The van der Waals surface area contributed by atoms with E-state index in [1.165, 1.54) is 12.1 Å². The molecule has 1 rings (SSSR count). The standard InChI is InChI=1S/C11H15FO3/c1-8(15-7-11(14)6-13)9-2-4-10(12)5-3-9/h2-5,8,11,13-14H,6-7H2,1H3/t8?,11-/m0/s1. The van der Waals surface area contributed by atoms with E-state index in [2.05, 4.69) is 0 Å². The van der Waals surface area contributed by atoms with E-state index >= 15 is 0 Å². The summed E-state index contributed by atoms with van der Waals surface area (Å²) < 4.78 is 17.9. The first-order valence-corrected chi connectivity index (χ1v) is 4.79. The summed E-state index contributed by atoms with van der Waals surface area (Å²) in [7, 11) is 0. The molecule has 4 heteroatoms. The molecule has 0 aliphatic heterocycles. The van der Waals surface area contributed by atoms with Crippen LogP contribution in [0.25, 0.3) is 0 Å². The van der Waals surface area contributed by atoms with Crippen molar-refractivity contribution < 1.29 is 19.3 Å². The lowest BCUT2D eigenvalue weighted by atomic mass is 10.1. The minimum atomic E-state index is -0.868. The largest absolute Gasteiger partial charge is 0.394 e. The van der Waals surface area contributed by atoms with E-state index in [4.69, 9.17) is 14.9 Å². The Labute approximate surface area is 88.1 Å². The first-order valence-electron chi connectivity index (χ1n) is 4.79. The summed E-state index contributed by atoms with van der Waals surface area (Å²) in [5.41, 5.74) is 0.835. The van der Waals surface area contributed by atoms with Gasteiger partial charge in [0.2, 0.25) is 0 Å². The minimum Gasteiger partial charge on any atom is -0.394 e. The first-order chi connectivity index (χ1) is 7.13. The van der Waals surface area contributed by atoms with Gasteiger partial charge in [0.1, 0.15) is 11.9 Å². The van der Waals surface area contributed by atoms with Crippen LogP contribution in [0.2, 0.25) is 0 Å². The molecule has 0 radical (unpaired) electrons. The van der Waals surface area contributed by atoms with Crippen molar-refractivity contribution in [3.63, 3.8) is 0 Å². The Morgan fingerprint density at radius 3 is 2.47 bits per heavy atom. The maximum Gasteiger partial charge on any atom is 0.123 e. The van der Waals surface area contributed by atoms with Gasteiger partial charge < -0.3 is 14.9 Å². The number of hydrogen-bond acceptors (Lipinski definition) is 3. The molecule has 1 aromatic carbocycles. The summed E-state index contributed by atoms with van der Waals surface area (Å²) in [6, 6.07) is 5.98. The summed E-state index contributed by atoms with van der Waals surface area (Å²) >= 11 is 0. The van der Waals surface area contributed by atoms with Crippen molar-refractivity contribution in [2.45, 2.75) is 19.1 Å². The molecule has 0 aromatic heterocycles. The summed E-state index contributed by atoms with van der Waals surface area (Å²) in [4.78, 5) is 0. The molecular formula is C11H15FO3. The third-order valence-electron chi connectivity index (χ3n) is 2.09. The van der Waals surface area contributed by atoms with E-state index in [0.717, 1.165) is 5.56 Å². The quantitative estimate of drug-likeness (QED) is 0.775. The zero-order valence-corrected chi connectivity index (χ0v) is 8.56. The van der Waals surface area contributed by atoms with Gasteiger partial charge in [0.25, 0.3) is 0 Å². The summed E-state index contributed by atoms with van der Waals surface area (Å²) in [6.07, 6.45) is -1.10. The van der Waals surface area contributed by atoms with Crippen molar-refractivity contribution in [2.75, 3.05) is 13.2 Å². The topological polar surface area (TPSA) is 49.7 Å².